The van der Waals surface area contributed by atoms with Gasteiger partial charge in [0.05, 0.1) is 24.3 Å². The third kappa shape index (κ3) is 2.85. The summed E-state index contributed by atoms with van der Waals surface area (Å²) in [5.74, 6) is -0.378. The van der Waals surface area contributed by atoms with Gasteiger partial charge in [0.25, 0.3) is 5.91 Å². The number of piperidine rings is 1. The average Bonchev–Trinajstić information content (AvgIpc) is 2.71. The number of carbonyl (C=O) groups excluding carboxylic acids is 2. The lowest BCUT2D eigenvalue weighted by Gasteiger charge is -2.37. The molecule has 3 rings (SSSR count). The zero-order valence-corrected chi connectivity index (χ0v) is 12.8. The topological polar surface area (TPSA) is 108 Å². The van der Waals surface area contributed by atoms with Crippen molar-refractivity contribution < 1.29 is 14.3 Å². The first-order valence-electron chi connectivity index (χ1n) is 7.58. The maximum atomic E-state index is 12.8. The standard InChI is InChI=1S/C15H17N5O3/c1-23-15(22)9-2-3-10-4-6-12-11(14(21)20(10)8-9)5-7-13(17-12)18-19-16/h5,7,9-10H,2-4,6,8H2,1H3. The number of hydrogen-bond acceptors (Lipinski definition) is 5. The molecule has 0 spiro atoms. The van der Waals surface area contributed by atoms with Crippen LogP contribution in [0.5, 0.6) is 0 Å². The van der Waals surface area contributed by atoms with E-state index in [-0.39, 0.29) is 29.7 Å². The Kier molecular flexibility index (Phi) is 4.16. The molecule has 1 amide bonds. The molecular formula is C15H17N5O3. The summed E-state index contributed by atoms with van der Waals surface area (Å²) in [6.07, 6.45) is 2.96. The number of fused-ring (bicyclic) bond motifs is 2. The van der Waals surface area contributed by atoms with Gasteiger partial charge in [0, 0.05) is 17.5 Å². The highest BCUT2D eigenvalue weighted by Crippen LogP contribution is 2.31. The molecule has 3 heterocycles. The summed E-state index contributed by atoms with van der Waals surface area (Å²) in [7, 11) is 1.37. The highest BCUT2D eigenvalue weighted by atomic mass is 16.5. The molecule has 0 saturated carbocycles. The van der Waals surface area contributed by atoms with Gasteiger partial charge in [-0.2, -0.15) is 0 Å². The zero-order chi connectivity index (χ0) is 16.4. The first kappa shape index (κ1) is 15.3. The van der Waals surface area contributed by atoms with E-state index in [0.717, 1.165) is 19.3 Å². The number of aromatic nitrogens is 1. The van der Waals surface area contributed by atoms with Crippen molar-refractivity contribution in [2.75, 3.05) is 13.7 Å². The van der Waals surface area contributed by atoms with Gasteiger partial charge >= 0.3 is 5.97 Å². The highest BCUT2D eigenvalue weighted by Gasteiger charge is 2.38. The molecule has 0 aromatic carbocycles. The van der Waals surface area contributed by atoms with E-state index in [2.05, 4.69) is 15.0 Å². The fraction of sp³-hybridized carbons (Fsp3) is 0.533. The average molecular weight is 315 g/mol. The van der Waals surface area contributed by atoms with Crippen molar-refractivity contribution >= 4 is 17.7 Å². The lowest BCUT2D eigenvalue weighted by molar-refractivity contribution is -0.147. The molecule has 1 aromatic heterocycles. The molecule has 8 heteroatoms. The van der Waals surface area contributed by atoms with E-state index >= 15 is 0 Å². The number of pyridine rings is 1. The van der Waals surface area contributed by atoms with Gasteiger partial charge in [-0.05, 0) is 48.5 Å². The molecule has 1 fully saturated rings. The van der Waals surface area contributed by atoms with Crippen molar-refractivity contribution in [3.63, 3.8) is 0 Å². The number of azide groups is 1. The van der Waals surface area contributed by atoms with Crippen molar-refractivity contribution in [3.05, 3.63) is 33.8 Å². The number of nitrogens with zero attached hydrogens (tertiary/aromatic N) is 5. The number of ether oxygens (including phenoxy) is 1. The Balaban J connectivity index is 1.90. The lowest BCUT2D eigenvalue weighted by atomic mass is 9.91. The van der Waals surface area contributed by atoms with Crippen molar-refractivity contribution in [1.29, 1.82) is 0 Å². The summed E-state index contributed by atoms with van der Waals surface area (Å²) < 4.78 is 4.81. The predicted molar refractivity (Wildman–Crippen MR) is 80.9 cm³/mol. The van der Waals surface area contributed by atoms with Gasteiger partial charge in [0.2, 0.25) is 0 Å². The monoisotopic (exact) mass is 315 g/mol. The Labute approximate surface area is 133 Å². The summed E-state index contributed by atoms with van der Waals surface area (Å²) in [6, 6.07) is 3.30. The molecule has 0 bridgehead atoms. The lowest BCUT2D eigenvalue weighted by Crippen LogP contribution is -2.48. The Hall–Kier alpha value is -2.60. The maximum Gasteiger partial charge on any atom is 0.310 e. The molecular weight excluding hydrogens is 298 g/mol. The molecule has 23 heavy (non-hydrogen) atoms. The third-order valence-corrected chi connectivity index (χ3v) is 4.55. The van der Waals surface area contributed by atoms with Gasteiger partial charge < -0.3 is 9.64 Å². The summed E-state index contributed by atoms with van der Waals surface area (Å²) in [6.45, 7) is 0.383. The number of aryl methyl sites for hydroxylation is 1. The molecule has 120 valence electrons. The summed E-state index contributed by atoms with van der Waals surface area (Å²) in [5.41, 5.74) is 9.68. The molecule has 0 aliphatic carbocycles. The highest BCUT2D eigenvalue weighted by molar-refractivity contribution is 5.96. The molecule has 0 N–H and O–H groups in total. The predicted octanol–water partition coefficient (Wildman–Crippen LogP) is 2.36. The van der Waals surface area contributed by atoms with Crippen molar-refractivity contribution in [1.82, 2.24) is 9.88 Å². The first-order chi connectivity index (χ1) is 11.1. The van der Waals surface area contributed by atoms with E-state index in [1.54, 1.807) is 17.0 Å². The second-order valence-electron chi connectivity index (χ2n) is 5.80. The van der Waals surface area contributed by atoms with Crippen molar-refractivity contribution in [2.24, 2.45) is 11.0 Å². The van der Waals surface area contributed by atoms with Crippen LogP contribution in [0.15, 0.2) is 17.2 Å². The van der Waals surface area contributed by atoms with Crippen LogP contribution >= 0.6 is 0 Å². The van der Waals surface area contributed by atoms with Crippen LogP contribution in [0.2, 0.25) is 0 Å². The van der Waals surface area contributed by atoms with E-state index < -0.39 is 0 Å². The largest absolute Gasteiger partial charge is 0.469 e. The fourth-order valence-electron chi connectivity index (χ4n) is 3.37. The van der Waals surface area contributed by atoms with Crippen molar-refractivity contribution in [2.45, 2.75) is 31.7 Å². The molecule has 2 aliphatic rings. The van der Waals surface area contributed by atoms with Crippen molar-refractivity contribution in [3.8, 4) is 0 Å². The summed E-state index contributed by atoms with van der Waals surface area (Å²) in [5, 5.41) is 3.49. The number of carbonyl (C=O) groups is 2. The molecule has 1 aromatic rings. The SMILES string of the molecule is COC(=O)C1CCC2CCc3nc(N=[N+]=[N-])ccc3C(=O)N2C1. The Morgan fingerprint density at radius 2 is 2.26 bits per heavy atom. The molecule has 0 radical (unpaired) electrons. The maximum absolute atomic E-state index is 12.8. The number of esters is 1. The number of methoxy groups -OCH3 is 1. The number of rotatable bonds is 2. The minimum Gasteiger partial charge on any atom is -0.469 e. The van der Waals surface area contributed by atoms with E-state index in [1.807, 2.05) is 0 Å². The van der Waals surface area contributed by atoms with E-state index in [0.29, 0.717) is 24.2 Å². The Morgan fingerprint density at radius 1 is 1.43 bits per heavy atom. The molecule has 8 nitrogen and oxygen atoms in total. The van der Waals surface area contributed by atoms with Gasteiger partial charge in [-0.25, -0.2) is 0 Å². The number of hydrogen-bond donors (Lipinski definition) is 0. The van der Waals surface area contributed by atoms with E-state index in [1.165, 1.54) is 7.11 Å². The minimum absolute atomic E-state index is 0.112. The summed E-state index contributed by atoms with van der Waals surface area (Å²) in [4.78, 5) is 33.4. The van der Waals surface area contributed by atoms with Gasteiger partial charge in [-0.1, -0.05) is 0 Å². The van der Waals surface area contributed by atoms with E-state index in [9.17, 15) is 9.59 Å². The van der Waals surface area contributed by atoms with Gasteiger partial charge in [0.15, 0.2) is 0 Å². The van der Waals surface area contributed by atoms with Crippen LogP contribution in [0.25, 0.3) is 10.4 Å². The van der Waals surface area contributed by atoms with Gasteiger partial charge in [-0.3, -0.25) is 14.6 Å². The Morgan fingerprint density at radius 3 is 3.00 bits per heavy atom. The third-order valence-electron chi connectivity index (χ3n) is 4.55. The Bertz CT molecular complexity index is 698. The molecule has 2 aliphatic heterocycles. The second-order valence-corrected chi connectivity index (χ2v) is 5.80. The van der Waals surface area contributed by atoms with Gasteiger partial charge in [-0.15, -0.1) is 0 Å². The van der Waals surface area contributed by atoms with Crippen LogP contribution in [-0.2, 0) is 16.0 Å². The van der Waals surface area contributed by atoms with Crippen LogP contribution in [0, 0.1) is 5.92 Å². The molecule has 2 unspecified atom stereocenters. The quantitative estimate of drug-likeness (QED) is 0.361. The van der Waals surface area contributed by atoms with Crippen LogP contribution in [0.1, 0.15) is 35.3 Å². The first-order valence-corrected chi connectivity index (χ1v) is 7.58. The van der Waals surface area contributed by atoms with Crippen LogP contribution in [0.3, 0.4) is 0 Å². The van der Waals surface area contributed by atoms with Gasteiger partial charge in [0.1, 0.15) is 5.82 Å². The second kappa shape index (κ2) is 6.26. The minimum atomic E-state index is -0.267. The normalized spacial score (nSPS) is 23.2. The zero-order valence-electron chi connectivity index (χ0n) is 12.8. The fourth-order valence-corrected chi connectivity index (χ4v) is 3.37. The smallest absolute Gasteiger partial charge is 0.310 e. The summed E-state index contributed by atoms with van der Waals surface area (Å²) >= 11 is 0. The van der Waals surface area contributed by atoms with E-state index in [4.69, 9.17) is 10.3 Å². The van der Waals surface area contributed by atoms with Crippen LogP contribution in [-0.4, -0.2) is 41.5 Å². The van der Waals surface area contributed by atoms with Crippen LogP contribution < -0.4 is 0 Å². The number of amides is 1. The molecule has 2 atom stereocenters. The van der Waals surface area contributed by atoms with Crippen LogP contribution in [0.4, 0.5) is 5.82 Å². The molecule has 1 saturated heterocycles.